The Kier molecular flexibility index (Phi) is 7.61. The fraction of sp³-hybridized carbons (Fsp3) is 0.391. The Bertz CT molecular complexity index is 830. The van der Waals surface area contributed by atoms with E-state index in [4.69, 9.17) is 4.74 Å². The third-order valence-corrected chi connectivity index (χ3v) is 4.72. The van der Waals surface area contributed by atoms with Crippen LogP contribution in [0.25, 0.3) is 0 Å². The maximum atomic E-state index is 12.4. The summed E-state index contributed by atoms with van der Waals surface area (Å²) in [4.78, 5) is 24.3. The van der Waals surface area contributed by atoms with Crippen molar-refractivity contribution in [2.45, 2.75) is 47.0 Å². The first kappa shape index (κ1) is 21.5. The highest BCUT2D eigenvalue weighted by Gasteiger charge is 2.13. The summed E-state index contributed by atoms with van der Waals surface area (Å²) >= 11 is 0. The lowest BCUT2D eigenvalue weighted by Crippen LogP contribution is -2.22. The molecular formula is C23H30N2O3. The van der Waals surface area contributed by atoms with E-state index >= 15 is 0 Å². The van der Waals surface area contributed by atoms with Gasteiger partial charge in [-0.05, 0) is 48.6 Å². The highest BCUT2D eigenvalue weighted by atomic mass is 16.5. The number of nitrogens with one attached hydrogen (secondary N) is 2. The minimum absolute atomic E-state index is 0.0638. The molecule has 0 aliphatic carbocycles. The highest BCUT2D eigenvalue weighted by Crippen LogP contribution is 2.28. The smallest absolute Gasteiger partial charge is 0.262 e. The van der Waals surface area contributed by atoms with E-state index in [1.807, 2.05) is 57.2 Å². The summed E-state index contributed by atoms with van der Waals surface area (Å²) in [6, 6.07) is 13.3. The van der Waals surface area contributed by atoms with Crippen molar-refractivity contribution in [1.82, 2.24) is 0 Å². The molecule has 2 N–H and O–H groups in total. The molecule has 0 bridgehead atoms. The van der Waals surface area contributed by atoms with Crippen molar-refractivity contribution in [3.05, 3.63) is 53.6 Å². The monoisotopic (exact) mass is 382 g/mol. The maximum absolute atomic E-state index is 12.4. The number of hydrogen-bond donors (Lipinski definition) is 2. The Labute approximate surface area is 167 Å². The standard InChI is InChI=1S/C23H30N2O3/c1-6-16(4)19-9-7-8-10-21(19)28-14-22(26)25-20-13-18(12-11-17(20)5)24-23(27)15(2)3/h7-13,15-16H,6,14H2,1-5H3,(H,24,27)(H,25,26). The second-order valence-corrected chi connectivity index (χ2v) is 7.36. The molecule has 0 saturated carbocycles. The van der Waals surface area contributed by atoms with E-state index in [1.165, 1.54) is 0 Å². The normalized spacial score (nSPS) is 11.8. The quantitative estimate of drug-likeness (QED) is 0.666. The van der Waals surface area contributed by atoms with Crippen LogP contribution in [0.5, 0.6) is 5.75 Å². The second-order valence-electron chi connectivity index (χ2n) is 7.36. The molecular weight excluding hydrogens is 352 g/mol. The number of rotatable bonds is 8. The third kappa shape index (κ3) is 5.84. The zero-order valence-electron chi connectivity index (χ0n) is 17.3. The minimum atomic E-state index is -0.241. The Hall–Kier alpha value is -2.82. The van der Waals surface area contributed by atoms with Crippen LogP contribution in [0.4, 0.5) is 11.4 Å². The van der Waals surface area contributed by atoms with Crippen molar-refractivity contribution in [3.63, 3.8) is 0 Å². The van der Waals surface area contributed by atoms with E-state index in [-0.39, 0.29) is 24.3 Å². The van der Waals surface area contributed by atoms with Gasteiger partial charge in [0.15, 0.2) is 6.61 Å². The first-order valence-corrected chi connectivity index (χ1v) is 9.74. The van der Waals surface area contributed by atoms with E-state index in [9.17, 15) is 9.59 Å². The van der Waals surface area contributed by atoms with Crippen LogP contribution < -0.4 is 15.4 Å². The fourth-order valence-electron chi connectivity index (χ4n) is 2.69. The molecule has 0 aromatic heterocycles. The lowest BCUT2D eigenvalue weighted by Gasteiger charge is -2.16. The van der Waals surface area contributed by atoms with Gasteiger partial charge in [-0.15, -0.1) is 0 Å². The van der Waals surface area contributed by atoms with E-state index in [0.29, 0.717) is 17.3 Å². The topological polar surface area (TPSA) is 67.4 Å². The summed E-state index contributed by atoms with van der Waals surface area (Å²) in [6.07, 6.45) is 1.00. The van der Waals surface area contributed by atoms with E-state index in [1.54, 1.807) is 6.07 Å². The first-order valence-electron chi connectivity index (χ1n) is 9.74. The van der Waals surface area contributed by atoms with Crippen LogP contribution in [0.15, 0.2) is 42.5 Å². The Balaban J connectivity index is 2.03. The molecule has 2 aromatic carbocycles. The van der Waals surface area contributed by atoms with Crippen LogP contribution in [-0.2, 0) is 9.59 Å². The fourth-order valence-corrected chi connectivity index (χ4v) is 2.69. The molecule has 150 valence electrons. The first-order chi connectivity index (χ1) is 13.3. The number of aryl methyl sites for hydroxylation is 1. The SMILES string of the molecule is CCC(C)c1ccccc1OCC(=O)Nc1cc(NC(=O)C(C)C)ccc1C. The summed E-state index contributed by atoms with van der Waals surface area (Å²) in [5, 5.41) is 5.72. The predicted molar refractivity (Wildman–Crippen MR) is 114 cm³/mol. The van der Waals surface area contributed by atoms with Crippen LogP contribution in [-0.4, -0.2) is 18.4 Å². The molecule has 0 fully saturated rings. The van der Waals surface area contributed by atoms with Crippen LogP contribution in [0, 0.1) is 12.8 Å². The molecule has 1 atom stereocenters. The summed E-state index contributed by atoms with van der Waals surface area (Å²) in [6.45, 7) is 9.77. The van der Waals surface area contributed by atoms with Gasteiger partial charge >= 0.3 is 0 Å². The van der Waals surface area contributed by atoms with Gasteiger partial charge in [0.1, 0.15) is 5.75 Å². The van der Waals surface area contributed by atoms with Gasteiger partial charge in [-0.25, -0.2) is 0 Å². The summed E-state index contributed by atoms with van der Waals surface area (Å²) in [5.41, 5.74) is 3.33. The zero-order chi connectivity index (χ0) is 20.7. The molecule has 5 heteroatoms. The molecule has 2 amide bonds. The van der Waals surface area contributed by atoms with Gasteiger partial charge in [0.25, 0.3) is 5.91 Å². The van der Waals surface area contributed by atoms with Crippen molar-refractivity contribution >= 4 is 23.2 Å². The number of carbonyl (C=O) groups excluding carboxylic acids is 2. The highest BCUT2D eigenvalue weighted by molar-refractivity contribution is 5.95. The number of benzene rings is 2. The number of hydrogen-bond acceptors (Lipinski definition) is 3. The summed E-state index contributed by atoms with van der Waals surface area (Å²) < 4.78 is 5.78. The lowest BCUT2D eigenvalue weighted by molar-refractivity contribution is -0.119. The van der Waals surface area contributed by atoms with Crippen molar-refractivity contribution in [3.8, 4) is 5.75 Å². The van der Waals surface area contributed by atoms with Crippen LogP contribution in [0.3, 0.4) is 0 Å². The average molecular weight is 383 g/mol. The molecule has 0 spiro atoms. The molecule has 5 nitrogen and oxygen atoms in total. The third-order valence-electron chi connectivity index (χ3n) is 4.72. The van der Waals surface area contributed by atoms with Gasteiger partial charge in [-0.1, -0.05) is 52.0 Å². The molecule has 1 unspecified atom stereocenters. The largest absolute Gasteiger partial charge is 0.483 e. The van der Waals surface area contributed by atoms with E-state index < -0.39 is 0 Å². The van der Waals surface area contributed by atoms with Crippen molar-refractivity contribution in [1.29, 1.82) is 0 Å². The van der Waals surface area contributed by atoms with Crippen LogP contribution >= 0.6 is 0 Å². The van der Waals surface area contributed by atoms with Crippen molar-refractivity contribution < 1.29 is 14.3 Å². The molecule has 0 aliphatic rings. The number of carbonyl (C=O) groups is 2. The number of para-hydroxylation sites is 1. The molecule has 2 aromatic rings. The van der Waals surface area contributed by atoms with Gasteiger partial charge in [-0.2, -0.15) is 0 Å². The molecule has 0 aliphatic heterocycles. The Morgan fingerprint density at radius 2 is 1.75 bits per heavy atom. The van der Waals surface area contributed by atoms with E-state index in [2.05, 4.69) is 24.5 Å². The number of ether oxygens (including phenoxy) is 1. The van der Waals surface area contributed by atoms with Gasteiger partial charge in [-0.3, -0.25) is 9.59 Å². The predicted octanol–water partition coefficient (Wildman–Crippen LogP) is 5.12. The molecule has 28 heavy (non-hydrogen) atoms. The molecule has 2 rings (SSSR count). The minimum Gasteiger partial charge on any atom is -0.483 e. The molecule has 0 heterocycles. The van der Waals surface area contributed by atoms with Gasteiger partial charge < -0.3 is 15.4 Å². The molecule has 0 radical (unpaired) electrons. The van der Waals surface area contributed by atoms with Crippen molar-refractivity contribution in [2.75, 3.05) is 17.2 Å². The number of anilines is 2. The van der Waals surface area contributed by atoms with Crippen molar-refractivity contribution in [2.24, 2.45) is 5.92 Å². The van der Waals surface area contributed by atoms with Crippen LogP contribution in [0.1, 0.15) is 51.2 Å². The maximum Gasteiger partial charge on any atom is 0.262 e. The molecule has 0 saturated heterocycles. The number of amides is 2. The summed E-state index contributed by atoms with van der Waals surface area (Å²) in [7, 11) is 0. The van der Waals surface area contributed by atoms with Gasteiger partial charge in [0.05, 0.1) is 0 Å². The summed E-state index contributed by atoms with van der Waals surface area (Å²) in [5.74, 6) is 0.684. The average Bonchev–Trinajstić information content (AvgIpc) is 2.68. The van der Waals surface area contributed by atoms with Gasteiger partial charge in [0.2, 0.25) is 5.91 Å². The Morgan fingerprint density at radius 3 is 2.43 bits per heavy atom. The van der Waals surface area contributed by atoms with Crippen LogP contribution in [0.2, 0.25) is 0 Å². The lowest BCUT2D eigenvalue weighted by atomic mass is 9.98. The second kappa shape index (κ2) is 9.93. The Morgan fingerprint density at radius 1 is 1.04 bits per heavy atom. The van der Waals surface area contributed by atoms with E-state index in [0.717, 1.165) is 23.3 Å². The van der Waals surface area contributed by atoms with Gasteiger partial charge in [0, 0.05) is 17.3 Å². The zero-order valence-corrected chi connectivity index (χ0v) is 17.3.